The highest BCUT2D eigenvalue weighted by Gasteiger charge is 2.28. The molecule has 0 aromatic rings. The summed E-state index contributed by atoms with van der Waals surface area (Å²) in [5.41, 5.74) is 0. The lowest BCUT2D eigenvalue weighted by atomic mass is 10.0. The van der Waals surface area contributed by atoms with Gasteiger partial charge in [-0.2, -0.15) is 8.42 Å². The van der Waals surface area contributed by atoms with Gasteiger partial charge in [0, 0.05) is 0 Å². The number of carbonyl (C=O) groups excluding carboxylic acids is 1. The van der Waals surface area contributed by atoms with Crippen LogP contribution in [-0.2, 0) is 14.9 Å². The van der Waals surface area contributed by atoms with Crippen LogP contribution in [0.3, 0.4) is 0 Å². The monoisotopic (exact) mass is 646 g/mol. The fourth-order valence-electron chi connectivity index (χ4n) is 5.68. The van der Waals surface area contributed by atoms with Gasteiger partial charge in [0.1, 0.15) is 6.10 Å². The van der Waals surface area contributed by atoms with Gasteiger partial charge >= 0.3 is 0 Å². The van der Waals surface area contributed by atoms with Crippen LogP contribution >= 0.6 is 0 Å². The Balaban J connectivity index is 3.98. The summed E-state index contributed by atoms with van der Waals surface area (Å²) in [7, 11) is -4.40. The van der Waals surface area contributed by atoms with Crippen LogP contribution < -0.4 is 5.32 Å². The van der Waals surface area contributed by atoms with E-state index < -0.39 is 40.0 Å². The highest BCUT2D eigenvalue weighted by molar-refractivity contribution is 7.85. The third-order valence-electron chi connectivity index (χ3n) is 8.58. The van der Waals surface area contributed by atoms with E-state index in [9.17, 15) is 28.0 Å². The normalized spacial score (nSPS) is 14.2. The third-order valence-corrected chi connectivity index (χ3v) is 9.36. The van der Waals surface area contributed by atoms with E-state index in [0.29, 0.717) is 19.3 Å². The molecule has 262 valence electrons. The van der Waals surface area contributed by atoms with Crippen molar-refractivity contribution in [3.05, 3.63) is 12.2 Å². The predicted octanol–water partition coefficient (Wildman–Crippen LogP) is 9.21. The van der Waals surface area contributed by atoms with E-state index in [4.69, 9.17) is 0 Å². The standard InChI is InChI=1S/C36H71NO6S/c1-3-5-7-9-11-13-14-15-16-17-18-19-20-21-23-24-26-28-30-34(38)33(32-44(41,42)43)37-36(40)35(39)31-29-27-25-22-12-10-8-6-4-2/h10,12,33-35,38-39H,3-9,11,13-32H2,1-2H3,(H,37,40)(H,41,42,43)/b12-10-. The first-order valence-corrected chi connectivity index (χ1v) is 20.1. The zero-order valence-corrected chi connectivity index (χ0v) is 29.5. The molecule has 0 aliphatic heterocycles. The Morgan fingerprint density at radius 2 is 0.977 bits per heavy atom. The zero-order chi connectivity index (χ0) is 32.7. The summed E-state index contributed by atoms with van der Waals surface area (Å²) in [6, 6.07) is -1.15. The Kier molecular flexibility index (Phi) is 30.0. The van der Waals surface area contributed by atoms with Gasteiger partial charge in [-0.05, 0) is 32.1 Å². The summed E-state index contributed by atoms with van der Waals surface area (Å²) in [5.74, 6) is -1.47. The number of hydrogen-bond acceptors (Lipinski definition) is 5. The molecular weight excluding hydrogens is 574 g/mol. The molecule has 0 aliphatic rings. The van der Waals surface area contributed by atoms with Gasteiger partial charge in [0.25, 0.3) is 10.1 Å². The van der Waals surface area contributed by atoms with Crippen LogP contribution in [0.4, 0.5) is 0 Å². The second-order valence-electron chi connectivity index (χ2n) is 13.0. The van der Waals surface area contributed by atoms with E-state index >= 15 is 0 Å². The third kappa shape index (κ3) is 29.7. The summed E-state index contributed by atoms with van der Waals surface area (Å²) in [6.45, 7) is 4.43. The fourth-order valence-corrected chi connectivity index (χ4v) is 6.44. The van der Waals surface area contributed by atoms with Gasteiger partial charge in [-0.25, -0.2) is 0 Å². The Labute approximate surface area is 272 Å². The van der Waals surface area contributed by atoms with Crippen LogP contribution in [0.2, 0.25) is 0 Å². The number of allylic oxidation sites excluding steroid dienone is 2. The molecule has 7 nitrogen and oxygen atoms in total. The molecule has 44 heavy (non-hydrogen) atoms. The number of nitrogens with one attached hydrogen (secondary N) is 1. The minimum absolute atomic E-state index is 0.277. The predicted molar refractivity (Wildman–Crippen MR) is 186 cm³/mol. The quantitative estimate of drug-likeness (QED) is 0.0320. The van der Waals surface area contributed by atoms with Gasteiger partial charge in [0.2, 0.25) is 5.91 Å². The van der Waals surface area contributed by atoms with Crippen molar-refractivity contribution in [3.8, 4) is 0 Å². The van der Waals surface area contributed by atoms with Crippen molar-refractivity contribution in [2.75, 3.05) is 5.75 Å². The Morgan fingerprint density at radius 1 is 0.591 bits per heavy atom. The Hall–Kier alpha value is -0.960. The Morgan fingerprint density at radius 3 is 1.43 bits per heavy atom. The minimum Gasteiger partial charge on any atom is -0.391 e. The number of carbonyl (C=O) groups is 1. The van der Waals surface area contributed by atoms with Crippen LogP contribution in [0.15, 0.2) is 12.2 Å². The number of aliphatic hydroxyl groups is 2. The first kappa shape index (κ1) is 43.0. The molecule has 8 heteroatoms. The van der Waals surface area contributed by atoms with Crippen molar-refractivity contribution in [2.24, 2.45) is 0 Å². The van der Waals surface area contributed by atoms with Gasteiger partial charge < -0.3 is 15.5 Å². The van der Waals surface area contributed by atoms with E-state index in [0.717, 1.165) is 44.9 Å². The number of amides is 1. The van der Waals surface area contributed by atoms with Crippen molar-refractivity contribution in [2.45, 2.75) is 205 Å². The second kappa shape index (κ2) is 30.7. The molecule has 0 aromatic heterocycles. The molecule has 0 saturated carbocycles. The van der Waals surface area contributed by atoms with Crippen LogP contribution in [0.5, 0.6) is 0 Å². The molecule has 0 heterocycles. The number of rotatable bonds is 33. The smallest absolute Gasteiger partial charge is 0.266 e. The fraction of sp³-hybridized carbons (Fsp3) is 0.917. The van der Waals surface area contributed by atoms with Gasteiger partial charge in [-0.3, -0.25) is 9.35 Å². The molecule has 4 N–H and O–H groups in total. The van der Waals surface area contributed by atoms with E-state index in [1.165, 1.54) is 103 Å². The van der Waals surface area contributed by atoms with E-state index in [-0.39, 0.29) is 6.42 Å². The molecule has 0 fully saturated rings. The van der Waals surface area contributed by atoms with E-state index in [2.05, 4.69) is 31.3 Å². The summed E-state index contributed by atoms with van der Waals surface area (Å²) in [6.07, 6.45) is 32.4. The molecule has 1 amide bonds. The zero-order valence-electron chi connectivity index (χ0n) is 28.7. The number of unbranched alkanes of at least 4 members (excludes halogenated alkanes) is 22. The number of hydrogen-bond donors (Lipinski definition) is 4. The highest BCUT2D eigenvalue weighted by Crippen LogP contribution is 2.16. The van der Waals surface area contributed by atoms with Crippen molar-refractivity contribution in [1.82, 2.24) is 5.32 Å². The first-order chi connectivity index (χ1) is 21.2. The SMILES string of the molecule is CCCC/C=C\CCCCCC(O)C(=O)NC(CS(=O)(=O)O)C(O)CCCCCCCCCCCCCCCCCCCC. The average molecular weight is 646 g/mol. The lowest BCUT2D eigenvalue weighted by Crippen LogP contribution is -2.50. The summed E-state index contributed by atoms with van der Waals surface area (Å²) in [5, 5.41) is 23.3. The molecule has 0 spiro atoms. The van der Waals surface area contributed by atoms with E-state index in [1.807, 2.05) is 0 Å². The van der Waals surface area contributed by atoms with E-state index in [1.54, 1.807) is 0 Å². The molecule has 3 atom stereocenters. The second-order valence-corrected chi connectivity index (χ2v) is 14.5. The minimum atomic E-state index is -4.40. The van der Waals surface area contributed by atoms with Crippen molar-refractivity contribution < 1.29 is 28.0 Å². The first-order valence-electron chi connectivity index (χ1n) is 18.5. The van der Waals surface area contributed by atoms with Crippen molar-refractivity contribution in [3.63, 3.8) is 0 Å². The lowest BCUT2D eigenvalue weighted by Gasteiger charge is -2.24. The van der Waals surface area contributed by atoms with Crippen molar-refractivity contribution in [1.29, 1.82) is 0 Å². The average Bonchev–Trinajstić information content (AvgIpc) is 2.98. The molecule has 0 saturated heterocycles. The molecule has 0 aliphatic carbocycles. The summed E-state index contributed by atoms with van der Waals surface area (Å²) >= 11 is 0. The van der Waals surface area contributed by atoms with Gasteiger partial charge in [-0.15, -0.1) is 0 Å². The number of aliphatic hydroxyl groups excluding tert-OH is 2. The van der Waals surface area contributed by atoms with Gasteiger partial charge in [-0.1, -0.05) is 167 Å². The maximum absolute atomic E-state index is 12.5. The Bertz CT molecular complexity index is 773. The van der Waals surface area contributed by atoms with Crippen LogP contribution in [0, 0.1) is 0 Å². The largest absolute Gasteiger partial charge is 0.391 e. The summed E-state index contributed by atoms with van der Waals surface area (Å²) in [4.78, 5) is 12.5. The highest BCUT2D eigenvalue weighted by atomic mass is 32.2. The lowest BCUT2D eigenvalue weighted by molar-refractivity contribution is -0.131. The molecular formula is C36H71NO6S. The van der Waals surface area contributed by atoms with Crippen molar-refractivity contribution >= 4 is 16.0 Å². The molecule has 3 unspecified atom stereocenters. The van der Waals surface area contributed by atoms with Crippen LogP contribution in [0.1, 0.15) is 187 Å². The maximum Gasteiger partial charge on any atom is 0.266 e. The molecule has 0 aromatic carbocycles. The molecule has 0 bridgehead atoms. The van der Waals surface area contributed by atoms with Gasteiger partial charge in [0.05, 0.1) is 17.9 Å². The topological polar surface area (TPSA) is 124 Å². The van der Waals surface area contributed by atoms with Gasteiger partial charge in [0.15, 0.2) is 0 Å². The summed E-state index contributed by atoms with van der Waals surface area (Å²) < 4.78 is 32.4. The molecule has 0 rings (SSSR count). The van der Waals surface area contributed by atoms with Crippen LogP contribution in [-0.4, -0.2) is 53.1 Å². The van der Waals surface area contributed by atoms with Crippen LogP contribution in [0.25, 0.3) is 0 Å². The molecule has 0 radical (unpaired) electrons. The maximum atomic E-state index is 12.5.